The number of hydrogen-bond acceptors (Lipinski definition) is 1. The van der Waals surface area contributed by atoms with E-state index < -0.39 is 0 Å². The molecule has 0 bridgehead atoms. The van der Waals surface area contributed by atoms with Crippen molar-refractivity contribution in [1.82, 2.24) is 5.32 Å². The molecule has 10 heavy (non-hydrogen) atoms. The summed E-state index contributed by atoms with van der Waals surface area (Å²) >= 11 is 0. The summed E-state index contributed by atoms with van der Waals surface area (Å²) in [5, 5.41) is 3.38. The topological polar surface area (TPSA) is 12.0 Å². The lowest BCUT2D eigenvalue weighted by molar-refractivity contribution is 0.403. The van der Waals surface area contributed by atoms with Gasteiger partial charge in [-0.15, -0.1) is 0 Å². The van der Waals surface area contributed by atoms with E-state index in [0.717, 1.165) is 0 Å². The van der Waals surface area contributed by atoms with Crippen molar-refractivity contribution in [3.05, 3.63) is 6.54 Å². The third-order valence-corrected chi connectivity index (χ3v) is 1.81. The van der Waals surface area contributed by atoms with Crippen LogP contribution in [0, 0.1) is 6.54 Å². The molecule has 0 aromatic carbocycles. The van der Waals surface area contributed by atoms with E-state index in [4.69, 9.17) is 0 Å². The minimum atomic E-state index is 0.287. The first kappa shape index (κ1) is 9.96. The Balaban J connectivity index is 3.28. The van der Waals surface area contributed by atoms with Gasteiger partial charge in [-0.05, 0) is 26.7 Å². The maximum atomic E-state index is 3.38. The molecule has 0 rings (SSSR count). The van der Waals surface area contributed by atoms with E-state index in [1.807, 2.05) is 0 Å². The molecule has 0 saturated carbocycles. The molecule has 0 unspecified atom stereocenters. The number of rotatable bonds is 5. The highest BCUT2D eigenvalue weighted by Gasteiger charge is 2.11. The Morgan fingerprint density at radius 1 is 1.30 bits per heavy atom. The molecule has 0 spiro atoms. The van der Waals surface area contributed by atoms with E-state index >= 15 is 0 Å². The van der Waals surface area contributed by atoms with Crippen LogP contribution in [0.2, 0.25) is 0 Å². The Morgan fingerprint density at radius 2 is 1.90 bits per heavy atom. The van der Waals surface area contributed by atoms with Gasteiger partial charge in [0.05, 0.1) is 0 Å². The lowest BCUT2D eigenvalue weighted by Gasteiger charge is -2.23. The number of unbranched alkanes of at least 4 members (excludes halogenated alkanes) is 1. The van der Waals surface area contributed by atoms with Crippen molar-refractivity contribution in [3.8, 4) is 0 Å². The summed E-state index contributed by atoms with van der Waals surface area (Å²) in [6.07, 6.45) is 3.57. The molecule has 0 aliphatic heterocycles. The predicted octanol–water partition coefficient (Wildman–Crippen LogP) is 2.73. The van der Waals surface area contributed by atoms with Crippen LogP contribution in [0.1, 0.15) is 47.0 Å². The van der Waals surface area contributed by atoms with Gasteiger partial charge >= 0.3 is 0 Å². The van der Waals surface area contributed by atoms with Crippen molar-refractivity contribution in [2.24, 2.45) is 0 Å². The molecule has 0 amide bonds. The summed E-state index contributed by atoms with van der Waals surface area (Å²) in [6, 6.07) is 0. The zero-order valence-corrected chi connectivity index (χ0v) is 7.70. The molecule has 0 aliphatic rings. The van der Waals surface area contributed by atoms with Crippen molar-refractivity contribution in [2.75, 3.05) is 0 Å². The van der Waals surface area contributed by atoms with Crippen LogP contribution >= 0.6 is 0 Å². The summed E-state index contributed by atoms with van der Waals surface area (Å²) < 4.78 is 0. The smallest absolute Gasteiger partial charge is 0.0226 e. The molecule has 0 aromatic rings. The van der Waals surface area contributed by atoms with Gasteiger partial charge in [-0.3, -0.25) is 0 Å². The minimum Gasteiger partial charge on any atom is -0.308 e. The molecule has 1 heteroatoms. The first-order chi connectivity index (χ1) is 4.62. The predicted molar refractivity (Wildman–Crippen MR) is 46.7 cm³/mol. The van der Waals surface area contributed by atoms with Crippen LogP contribution in [-0.2, 0) is 0 Å². The molecule has 1 radical (unpaired) electrons. The Morgan fingerprint density at radius 3 is 2.30 bits per heavy atom. The first-order valence-electron chi connectivity index (χ1n) is 4.21. The Labute approximate surface area is 65.2 Å². The lowest BCUT2D eigenvalue weighted by atomic mass is 10.0. The first-order valence-corrected chi connectivity index (χ1v) is 4.21. The van der Waals surface area contributed by atoms with Crippen molar-refractivity contribution in [2.45, 2.75) is 52.5 Å². The van der Waals surface area contributed by atoms with Crippen molar-refractivity contribution >= 4 is 0 Å². The maximum absolute atomic E-state index is 3.38. The quantitative estimate of drug-likeness (QED) is 0.582. The zero-order chi connectivity index (χ0) is 8.04. The molecule has 61 valence electrons. The second-order valence-electron chi connectivity index (χ2n) is 3.37. The summed E-state index contributed by atoms with van der Waals surface area (Å²) in [6.45, 7) is 11.0. The third kappa shape index (κ3) is 4.80. The van der Waals surface area contributed by atoms with Gasteiger partial charge in [0.1, 0.15) is 0 Å². The van der Waals surface area contributed by atoms with Gasteiger partial charge in [0, 0.05) is 12.1 Å². The molecule has 1 nitrogen and oxygen atoms in total. The second kappa shape index (κ2) is 4.73. The van der Waals surface area contributed by atoms with Crippen LogP contribution in [0.15, 0.2) is 0 Å². The van der Waals surface area contributed by atoms with Gasteiger partial charge in [0.15, 0.2) is 0 Å². The Hall–Kier alpha value is -0.0400. The van der Waals surface area contributed by atoms with Gasteiger partial charge in [0.2, 0.25) is 0 Å². The molecular formula is C9H20N. The molecule has 0 saturated heterocycles. The second-order valence-corrected chi connectivity index (χ2v) is 3.37. The largest absolute Gasteiger partial charge is 0.308 e. The van der Waals surface area contributed by atoms with Gasteiger partial charge in [-0.2, -0.15) is 0 Å². The van der Waals surface area contributed by atoms with Crippen LogP contribution in [0.5, 0.6) is 0 Å². The van der Waals surface area contributed by atoms with E-state index in [1.54, 1.807) is 0 Å². The summed E-state index contributed by atoms with van der Waals surface area (Å²) in [4.78, 5) is 0. The highest BCUT2D eigenvalue weighted by molar-refractivity contribution is 4.79. The van der Waals surface area contributed by atoms with E-state index in [2.05, 4.69) is 39.6 Å². The van der Waals surface area contributed by atoms with Gasteiger partial charge < -0.3 is 5.32 Å². The summed E-state index contributed by atoms with van der Waals surface area (Å²) in [5.74, 6) is 0. The van der Waals surface area contributed by atoms with Crippen LogP contribution in [-0.4, -0.2) is 5.54 Å². The third-order valence-electron chi connectivity index (χ3n) is 1.81. The van der Waals surface area contributed by atoms with Gasteiger partial charge in [-0.25, -0.2) is 0 Å². The van der Waals surface area contributed by atoms with Gasteiger partial charge in [-0.1, -0.05) is 20.3 Å². The summed E-state index contributed by atoms with van der Waals surface area (Å²) in [7, 11) is 0. The van der Waals surface area contributed by atoms with Crippen molar-refractivity contribution in [3.63, 3.8) is 0 Å². The number of hydrogen-bond donors (Lipinski definition) is 1. The van der Waals surface area contributed by atoms with E-state index in [-0.39, 0.29) is 5.54 Å². The Kier molecular flexibility index (Phi) is 4.71. The van der Waals surface area contributed by atoms with E-state index in [0.29, 0.717) is 0 Å². The lowest BCUT2D eigenvalue weighted by Crippen LogP contribution is -2.36. The average molecular weight is 142 g/mol. The van der Waals surface area contributed by atoms with Crippen molar-refractivity contribution in [1.29, 1.82) is 0 Å². The fourth-order valence-corrected chi connectivity index (χ4v) is 0.595. The van der Waals surface area contributed by atoms with Crippen molar-refractivity contribution < 1.29 is 0 Å². The standard InChI is InChI=1S/C9H20N/c1-5-7-8-10-9(3,4)6-2/h8,10H,5-7H2,1-4H3. The monoisotopic (exact) mass is 142 g/mol. The molecular weight excluding hydrogens is 122 g/mol. The Bertz CT molecular complexity index is 76.8. The average Bonchev–Trinajstić information content (AvgIpc) is 1.89. The fraction of sp³-hybridized carbons (Fsp3) is 0.889. The number of nitrogens with one attached hydrogen (secondary N) is 1. The highest BCUT2D eigenvalue weighted by Crippen LogP contribution is 2.07. The summed E-state index contributed by atoms with van der Waals surface area (Å²) in [5.41, 5.74) is 0.287. The van der Waals surface area contributed by atoms with E-state index in [1.165, 1.54) is 19.3 Å². The SMILES string of the molecule is CCC[CH]NC(C)(C)CC. The molecule has 0 fully saturated rings. The zero-order valence-electron chi connectivity index (χ0n) is 7.70. The molecule has 0 heterocycles. The molecule has 0 atom stereocenters. The van der Waals surface area contributed by atoms with Gasteiger partial charge in [0.25, 0.3) is 0 Å². The van der Waals surface area contributed by atoms with Crippen LogP contribution in [0.25, 0.3) is 0 Å². The maximum Gasteiger partial charge on any atom is 0.0226 e. The fourth-order valence-electron chi connectivity index (χ4n) is 0.595. The van der Waals surface area contributed by atoms with Crippen LogP contribution in [0.3, 0.4) is 0 Å². The molecule has 0 aromatic heterocycles. The minimum absolute atomic E-state index is 0.287. The highest BCUT2D eigenvalue weighted by atomic mass is 14.9. The van der Waals surface area contributed by atoms with Crippen LogP contribution in [0.4, 0.5) is 0 Å². The molecule has 0 aliphatic carbocycles. The van der Waals surface area contributed by atoms with Crippen LogP contribution < -0.4 is 5.32 Å². The molecule has 1 N–H and O–H groups in total. The van der Waals surface area contributed by atoms with E-state index in [9.17, 15) is 0 Å². The normalized spacial score (nSPS) is 12.0.